The Kier molecular flexibility index (Phi) is 10.8. The van der Waals surface area contributed by atoms with Gasteiger partial charge in [0, 0.05) is 6.54 Å². The largest absolute Gasteiger partial charge is 0.508 e. The maximum Gasteiger partial charge on any atom is 0.408 e. The second-order valence-corrected chi connectivity index (χ2v) is 10.1. The number of hydrogen-bond donors (Lipinski definition) is 4. The van der Waals surface area contributed by atoms with E-state index in [1.165, 1.54) is 17.0 Å². The number of nitrogens with one attached hydrogen (secondary N) is 2. The highest BCUT2D eigenvalue weighted by Crippen LogP contribution is 2.30. The number of unbranched alkanes of at least 4 members (excludes halogenated alkanes) is 1. The Balaban J connectivity index is 2.51. The van der Waals surface area contributed by atoms with E-state index >= 15 is 0 Å². The molecule has 9 nitrogen and oxygen atoms in total. The van der Waals surface area contributed by atoms with Gasteiger partial charge in [0.2, 0.25) is 5.91 Å². The summed E-state index contributed by atoms with van der Waals surface area (Å²) in [6, 6.07) is 8.66. The molecule has 0 aliphatic heterocycles. The standard InChI is InChI=1S/C27H36ClN3O6/c1-6-7-14-31(25(35)21(16-32)29-26(36)37-27(3,4)5)23(18-11-9-12-19(33)15-18)24(34)30-22-17(2)10-8-13-20(22)28/h8-13,15,21,23,32-33H,6-7,14,16H2,1-5H3,(H,29,36)(H,30,34). The maximum atomic E-state index is 13.7. The van der Waals surface area contributed by atoms with E-state index < -0.39 is 42.2 Å². The molecular formula is C27H36ClN3O6. The number of anilines is 1. The van der Waals surface area contributed by atoms with Crippen molar-refractivity contribution in [2.75, 3.05) is 18.5 Å². The van der Waals surface area contributed by atoms with Crippen LogP contribution in [0, 0.1) is 6.92 Å². The first-order valence-corrected chi connectivity index (χ1v) is 12.5. The molecule has 3 amide bonds. The molecule has 0 fully saturated rings. The van der Waals surface area contributed by atoms with E-state index in [1.807, 2.05) is 6.92 Å². The number of nitrogens with zero attached hydrogens (tertiary/aromatic N) is 1. The molecule has 2 unspecified atom stereocenters. The number of aliphatic hydroxyl groups is 1. The average Bonchev–Trinajstić information content (AvgIpc) is 2.81. The molecule has 0 heterocycles. The molecule has 0 aliphatic carbocycles. The molecule has 202 valence electrons. The number of amides is 3. The third-order valence-electron chi connectivity index (χ3n) is 5.42. The van der Waals surface area contributed by atoms with Crippen LogP contribution in [0.4, 0.5) is 10.5 Å². The molecule has 10 heteroatoms. The molecule has 2 atom stereocenters. The lowest BCUT2D eigenvalue weighted by Gasteiger charge is -2.34. The summed E-state index contributed by atoms with van der Waals surface area (Å²) in [7, 11) is 0. The number of para-hydroxylation sites is 1. The second-order valence-electron chi connectivity index (χ2n) is 9.69. The Hall–Kier alpha value is -3.30. The molecule has 0 saturated heterocycles. The first kappa shape index (κ1) is 29.9. The van der Waals surface area contributed by atoms with Crippen LogP contribution in [0.25, 0.3) is 0 Å². The topological polar surface area (TPSA) is 128 Å². The molecule has 4 N–H and O–H groups in total. The number of benzene rings is 2. The molecule has 0 bridgehead atoms. The minimum atomic E-state index is -1.36. The number of halogens is 1. The SMILES string of the molecule is CCCCN(C(=O)C(CO)NC(=O)OC(C)(C)C)C(C(=O)Nc1c(C)cccc1Cl)c1cccc(O)c1. The smallest absolute Gasteiger partial charge is 0.408 e. The van der Waals surface area contributed by atoms with Gasteiger partial charge in [-0.2, -0.15) is 0 Å². The zero-order valence-electron chi connectivity index (χ0n) is 21.9. The second kappa shape index (κ2) is 13.3. The lowest BCUT2D eigenvalue weighted by Crippen LogP contribution is -2.54. The number of carbonyl (C=O) groups is 3. The van der Waals surface area contributed by atoms with Crippen molar-refractivity contribution in [1.82, 2.24) is 10.2 Å². The van der Waals surface area contributed by atoms with Crippen LogP contribution in [0.15, 0.2) is 42.5 Å². The normalized spacial score (nSPS) is 12.8. The predicted molar refractivity (Wildman–Crippen MR) is 143 cm³/mol. The molecule has 2 aromatic carbocycles. The van der Waals surface area contributed by atoms with Crippen LogP contribution in [-0.4, -0.2) is 57.8 Å². The highest BCUT2D eigenvalue weighted by molar-refractivity contribution is 6.34. The summed E-state index contributed by atoms with van der Waals surface area (Å²) in [4.78, 5) is 41.1. The number of rotatable bonds is 10. The van der Waals surface area contributed by atoms with Gasteiger partial charge in [-0.3, -0.25) is 9.59 Å². The van der Waals surface area contributed by atoms with E-state index in [4.69, 9.17) is 16.3 Å². The van der Waals surface area contributed by atoms with Gasteiger partial charge in [0.05, 0.1) is 17.3 Å². The van der Waals surface area contributed by atoms with E-state index in [9.17, 15) is 24.6 Å². The van der Waals surface area contributed by atoms with Gasteiger partial charge in [0.1, 0.15) is 23.4 Å². The van der Waals surface area contributed by atoms with Crippen molar-refractivity contribution >= 4 is 35.2 Å². The summed E-state index contributed by atoms with van der Waals surface area (Å²) in [6.45, 7) is 8.19. The van der Waals surface area contributed by atoms with Crippen molar-refractivity contribution in [2.24, 2.45) is 0 Å². The molecule has 37 heavy (non-hydrogen) atoms. The van der Waals surface area contributed by atoms with E-state index in [0.717, 1.165) is 5.56 Å². The molecule has 0 saturated carbocycles. The zero-order chi connectivity index (χ0) is 27.8. The number of hydrogen-bond acceptors (Lipinski definition) is 6. The number of phenols is 1. The Bertz CT molecular complexity index is 1080. The van der Waals surface area contributed by atoms with Crippen molar-refractivity contribution in [3.05, 3.63) is 58.6 Å². The van der Waals surface area contributed by atoms with Crippen LogP contribution < -0.4 is 10.6 Å². The number of aliphatic hydroxyl groups excluding tert-OH is 1. The van der Waals surface area contributed by atoms with Gasteiger partial charge in [-0.1, -0.05) is 49.2 Å². The molecule has 0 aromatic heterocycles. The summed E-state index contributed by atoms with van der Waals surface area (Å²) < 4.78 is 5.24. The van der Waals surface area contributed by atoms with Gasteiger partial charge in [0.15, 0.2) is 0 Å². The highest BCUT2D eigenvalue weighted by Gasteiger charge is 2.36. The van der Waals surface area contributed by atoms with Crippen LogP contribution in [0.1, 0.15) is 57.7 Å². The van der Waals surface area contributed by atoms with Gasteiger partial charge >= 0.3 is 6.09 Å². The third kappa shape index (κ3) is 8.65. The summed E-state index contributed by atoms with van der Waals surface area (Å²) in [6.07, 6.45) is 0.384. The van der Waals surface area contributed by atoms with Crippen molar-refractivity contribution < 1.29 is 29.3 Å². The van der Waals surface area contributed by atoms with E-state index in [2.05, 4.69) is 10.6 Å². The molecule has 0 radical (unpaired) electrons. The quantitative estimate of drug-likeness (QED) is 0.355. The van der Waals surface area contributed by atoms with Crippen molar-refractivity contribution in [2.45, 2.75) is 65.1 Å². The number of aromatic hydroxyl groups is 1. The summed E-state index contributed by atoms with van der Waals surface area (Å²) in [5.74, 6) is -1.33. The third-order valence-corrected chi connectivity index (χ3v) is 5.74. The Morgan fingerprint density at radius 2 is 1.81 bits per heavy atom. The van der Waals surface area contributed by atoms with E-state index in [-0.39, 0.29) is 12.3 Å². The lowest BCUT2D eigenvalue weighted by atomic mass is 10.0. The number of carbonyl (C=O) groups excluding carboxylic acids is 3. The lowest BCUT2D eigenvalue weighted by molar-refractivity contribution is -0.141. The Morgan fingerprint density at radius 1 is 1.14 bits per heavy atom. The number of phenolic OH excluding ortho intramolecular Hbond substituents is 1. The monoisotopic (exact) mass is 533 g/mol. The Morgan fingerprint density at radius 3 is 2.38 bits per heavy atom. The fourth-order valence-corrected chi connectivity index (χ4v) is 3.95. The van der Waals surface area contributed by atoms with Crippen LogP contribution in [0.3, 0.4) is 0 Å². The van der Waals surface area contributed by atoms with Crippen LogP contribution >= 0.6 is 11.6 Å². The predicted octanol–water partition coefficient (Wildman–Crippen LogP) is 4.55. The van der Waals surface area contributed by atoms with E-state index in [1.54, 1.807) is 58.0 Å². The maximum absolute atomic E-state index is 13.7. The average molecular weight is 534 g/mol. The fraction of sp³-hybridized carbons (Fsp3) is 0.444. The van der Waals surface area contributed by atoms with Crippen LogP contribution in [0.5, 0.6) is 5.75 Å². The molecule has 0 aliphatic rings. The fourth-order valence-electron chi connectivity index (χ4n) is 3.68. The molecule has 2 rings (SSSR count). The molecule has 2 aromatic rings. The Labute approximate surface area is 222 Å². The van der Waals surface area contributed by atoms with Gasteiger partial charge in [-0.25, -0.2) is 4.79 Å². The number of aryl methyl sites for hydroxylation is 1. The van der Waals surface area contributed by atoms with Crippen molar-refractivity contribution in [3.8, 4) is 5.75 Å². The highest BCUT2D eigenvalue weighted by atomic mass is 35.5. The minimum absolute atomic E-state index is 0.0855. The van der Waals surface area contributed by atoms with Crippen LogP contribution in [0.2, 0.25) is 5.02 Å². The summed E-state index contributed by atoms with van der Waals surface area (Å²) in [5, 5.41) is 25.7. The van der Waals surface area contributed by atoms with Gasteiger partial charge in [0.25, 0.3) is 5.91 Å². The van der Waals surface area contributed by atoms with Gasteiger partial charge < -0.3 is 30.5 Å². The number of alkyl carbamates (subject to hydrolysis) is 1. The van der Waals surface area contributed by atoms with Crippen molar-refractivity contribution in [1.29, 1.82) is 0 Å². The van der Waals surface area contributed by atoms with Gasteiger partial charge in [-0.05, 0) is 63.4 Å². The number of ether oxygens (including phenoxy) is 1. The minimum Gasteiger partial charge on any atom is -0.508 e. The summed E-state index contributed by atoms with van der Waals surface area (Å²) >= 11 is 6.33. The van der Waals surface area contributed by atoms with Gasteiger partial charge in [-0.15, -0.1) is 0 Å². The van der Waals surface area contributed by atoms with Crippen molar-refractivity contribution in [3.63, 3.8) is 0 Å². The molecular weight excluding hydrogens is 498 g/mol. The first-order chi connectivity index (χ1) is 17.4. The molecule has 0 spiro atoms. The first-order valence-electron chi connectivity index (χ1n) is 12.1. The summed E-state index contributed by atoms with van der Waals surface area (Å²) in [5.41, 5.74) is 0.654. The zero-order valence-corrected chi connectivity index (χ0v) is 22.6. The van der Waals surface area contributed by atoms with Crippen LogP contribution in [-0.2, 0) is 14.3 Å². The van der Waals surface area contributed by atoms with E-state index in [0.29, 0.717) is 29.1 Å².